The summed E-state index contributed by atoms with van der Waals surface area (Å²) < 4.78 is 5.88. The standard InChI is InChI=1S/C17H34N4O.HI/c1-18-17(20-15-13-14-9-10-16(15)22-14)19-11-7-5-4-6-8-12-21(2)3;/h14-16H,4-13H2,1-3H3,(H2,18,19,20);1H. The predicted molar refractivity (Wildman–Crippen MR) is 108 cm³/mol. The van der Waals surface area contributed by atoms with Gasteiger partial charge in [-0.2, -0.15) is 0 Å². The minimum Gasteiger partial charge on any atom is -0.373 e. The van der Waals surface area contributed by atoms with Crippen molar-refractivity contribution in [2.75, 3.05) is 34.2 Å². The molecule has 3 atom stereocenters. The Labute approximate surface area is 159 Å². The van der Waals surface area contributed by atoms with E-state index in [0.717, 1.165) is 18.9 Å². The third kappa shape index (κ3) is 7.56. The van der Waals surface area contributed by atoms with Crippen LogP contribution < -0.4 is 10.6 Å². The molecule has 2 N–H and O–H groups in total. The molecule has 0 aromatic heterocycles. The molecule has 2 rings (SSSR count). The number of unbranched alkanes of at least 4 members (excludes halogenated alkanes) is 4. The molecule has 0 aromatic carbocycles. The number of hydrogen-bond donors (Lipinski definition) is 2. The number of aliphatic imine (C=N–C) groups is 1. The molecule has 2 aliphatic heterocycles. The molecule has 0 saturated carbocycles. The maximum absolute atomic E-state index is 5.88. The van der Waals surface area contributed by atoms with Gasteiger partial charge in [0.05, 0.1) is 18.2 Å². The summed E-state index contributed by atoms with van der Waals surface area (Å²) in [7, 11) is 6.14. The second kappa shape index (κ2) is 11.5. The van der Waals surface area contributed by atoms with Gasteiger partial charge in [-0.25, -0.2) is 0 Å². The summed E-state index contributed by atoms with van der Waals surface area (Å²) in [6.45, 7) is 2.22. The molecule has 0 aliphatic carbocycles. The van der Waals surface area contributed by atoms with Crippen molar-refractivity contribution in [1.29, 1.82) is 0 Å². The number of halogens is 1. The van der Waals surface area contributed by atoms with Crippen LogP contribution >= 0.6 is 24.0 Å². The zero-order valence-electron chi connectivity index (χ0n) is 15.0. The van der Waals surface area contributed by atoms with Crippen LogP contribution in [0.15, 0.2) is 4.99 Å². The monoisotopic (exact) mass is 438 g/mol. The molecule has 0 radical (unpaired) electrons. The first-order chi connectivity index (χ1) is 10.7. The zero-order valence-corrected chi connectivity index (χ0v) is 17.3. The van der Waals surface area contributed by atoms with Crippen molar-refractivity contribution in [1.82, 2.24) is 15.5 Å². The minimum absolute atomic E-state index is 0. The third-order valence-electron chi connectivity index (χ3n) is 4.73. The molecule has 136 valence electrons. The molecule has 2 fully saturated rings. The lowest BCUT2D eigenvalue weighted by molar-refractivity contribution is 0.0992. The van der Waals surface area contributed by atoms with Gasteiger partial charge < -0.3 is 20.3 Å². The predicted octanol–water partition coefficient (Wildman–Crippen LogP) is 2.60. The van der Waals surface area contributed by atoms with Crippen molar-refractivity contribution in [2.24, 2.45) is 4.99 Å². The molecule has 0 spiro atoms. The van der Waals surface area contributed by atoms with Gasteiger partial charge in [0.2, 0.25) is 0 Å². The lowest BCUT2D eigenvalue weighted by Gasteiger charge is -2.22. The summed E-state index contributed by atoms with van der Waals surface area (Å²) >= 11 is 0. The Bertz CT molecular complexity index is 351. The van der Waals surface area contributed by atoms with Gasteiger partial charge >= 0.3 is 0 Å². The summed E-state index contributed by atoms with van der Waals surface area (Å²) in [6.07, 6.45) is 11.0. The molecule has 2 heterocycles. The van der Waals surface area contributed by atoms with E-state index in [1.54, 1.807) is 0 Å². The second-order valence-electron chi connectivity index (χ2n) is 6.93. The van der Waals surface area contributed by atoms with Crippen LogP contribution in [-0.2, 0) is 4.74 Å². The lowest BCUT2D eigenvalue weighted by atomic mass is 9.96. The Hall–Kier alpha value is -0.0800. The number of nitrogens with zero attached hydrogens (tertiary/aromatic N) is 2. The van der Waals surface area contributed by atoms with E-state index >= 15 is 0 Å². The summed E-state index contributed by atoms with van der Waals surface area (Å²) in [4.78, 5) is 6.60. The number of rotatable bonds is 9. The highest BCUT2D eigenvalue weighted by molar-refractivity contribution is 14.0. The maximum atomic E-state index is 5.88. The summed E-state index contributed by atoms with van der Waals surface area (Å²) in [6, 6.07) is 0.455. The molecule has 2 saturated heterocycles. The molecule has 5 nitrogen and oxygen atoms in total. The highest BCUT2D eigenvalue weighted by atomic mass is 127. The zero-order chi connectivity index (χ0) is 15.8. The van der Waals surface area contributed by atoms with Crippen molar-refractivity contribution in [3.05, 3.63) is 0 Å². The molecular formula is C17H35IN4O. The fourth-order valence-electron chi connectivity index (χ4n) is 3.45. The van der Waals surface area contributed by atoms with E-state index in [4.69, 9.17) is 4.74 Å². The van der Waals surface area contributed by atoms with Crippen LogP contribution in [0.2, 0.25) is 0 Å². The lowest BCUT2D eigenvalue weighted by Crippen LogP contribution is -2.47. The first kappa shape index (κ1) is 21.0. The van der Waals surface area contributed by atoms with E-state index in [1.807, 2.05) is 7.05 Å². The number of hydrogen-bond acceptors (Lipinski definition) is 3. The maximum Gasteiger partial charge on any atom is 0.191 e. The van der Waals surface area contributed by atoms with Crippen LogP contribution in [0.4, 0.5) is 0 Å². The van der Waals surface area contributed by atoms with E-state index in [-0.39, 0.29) is 24.0 Å². The van der Waals surface area contributed by atoms with Crippen LogP contribution in [0.25, 0.3) is 0 Å². The van der Waals surface area contributed by atoms with Gasteiger partial charge in [-0.1, -0.05) is 19.3 Å². The van der Waals surface area contributed by atoms with Gasteiger partial charge in [0.25, 0.3) is 0 Å². The highest BCUT2D eigenvalue weighted by Gasteiger charge is 2.40. The Kier molecular flexibility index (Phi) is 10.5. The van der Waals surface area contributed by atoms with Gasteiger partial charge in [0.15, 0.2) is 5.96 Å². The minimum atomic E-state index is 0. The quantitative estimate of drug-likeness (QED) is 0.252. The summed E-state index contributed by atoms with van der Waals surface area (Å²) in [5.74, 6) is 0.939. The largest absolute Gasteiger partial charge is 0.373 e. The van der Waals surface area contributed by atoms with Crippen molar-refractivity contribution in [3.63, 3.8) is 0 Å². The summed E-state index contributed by atoms with van der Waals surface area (Å²) in [5, 5.41) is 6.97. The molecule has 23 heavy (non-hydrogen) atoms. The van der Waals surface area contributed by atoms with Gasteiger partial charge in [0, 0.05) is 13.6 Å². The number of fused-ring (bicyclic) bond motifs is 2. The third-order valence-corrected chi connectivity index (χ3v) is 4.73. The normalized spacial score (nSPS) is 26.4. The van der Waals surface area contributed by atoms with E-state index in [2.05, 4.69) is 34.6 Å². The Balaban J connectivity index is 0.00000264. The Morgan fingerprint density at radius 1 is 1.13 bits per heavy atom. The van der Waals surface area contributed by atoms with Crippen molar-refractivity contribution in [3.8, 4) is 0 Å². The van der Waals surface area contributed by atoms with Gasteiger partial charge in [-0.15, -0.1) is 24.0 Å². The fraction of sp³-hybridized carbons (Fsp3) is 0.941. The molecular weight excluding hydrogens is 403 g/mol. The van der Waals surface area contributed by atoms with Crippen LogP contribution in [0.5, 0.6) is 0 Å². The average Bonchev–Trinajstić information content (AvgIpc) is 3.11. The van der Waals surface area contributed by atoms with Crippen LogP contribution in [0.3, 0.4) is 0 Å². The van der Waals surface area contributed by atoms with Crippen LogP contribution in [0.1, 0.15) is 51.4 Å². The van der Waals surface area contributed by atoms with E-state index < -0.39 is 0 Å². The van der Waals surface area contributed by atoms with Gasteiger partial charge in [-0.3, -0.25) is 4.99 Å². The number of nitrogens with one attached hydrogen (secondary N) is 2. The van der Waals surface area contributed by atoms with Gasteiger partial charge in [0.1, 0.15) is 0 Å². The second-order valence-corrected chi connectivity index (χ2v) is 6.93. The number of ether oxygens (including phenoxy) is 1. The highest BCUT2D eigenvalue weighted by Crippen LogP contribution is 2.34. The van der Waals surface area contributed by atoms with E-state index in [0.29, 0.717) is 18.2 Å². The molecule has 3 unspecified atom stereocenters. The van der Waals surface area contributed by atoms with Crippen LogP contribution in [-0.4, -0.2) is 63.3 Å². The van der Waals surface area contributed by atoms with Crippen LogP contribution in [0, 0.1) is 0 Å². The molecule has 6 heteroatoms. The topological polar surface area (TPSA) is 48.9 Å². The van der Waals surface area contributed by atoms with Crippen molar-refractivity contribution < 1.29 is 4.74 Å². The molecule has 0 amide bonds. The summed E-state index contributed by atoms with van der Waals surface area (Å²) in [5.41, 5.74) is 0. The number of guanidine groups is 1. The smallest absolute Gasteiger partial charge is 0.191 e. The first-order valence-corrected chi connectivity index (χ1v) is 8.96. The van der Waals surface area contributed by atoms with Crippen molar-refractivity contribution in [2.45, 2.75) is 69.6 Å². The average molecular weight is 438 g/mol. The Morgan fingerprint density at radius 3 is 2.48 bits per heavy atom. The van der Waals surface area contributed by atoms with E-state index in [1.165, 1.54) is 51.5 Å². The first-order valence-electron chi connectivity index (χ1n) is 8.96. The Morgan fingerprint density at radius 2 is 1.87 bits per heavy atom. The molecule has 2 aliphatic rings. The SMILES string of the molecule is CN=C(NCCCCCCCN(C)C)NC1CC2CCC1O2.I. The molecule has 0 aromatic rings. The molecule has 2 bridgehead atoms. The fourth-order valence-corrected chi connectivity index (χ4v) is 3.45. The van der Waals surface area contributed by atoms with Crippen molar-refractivity contribution >= 4 is 29.9 Å². The van der Waals surface area contributed by atoms with E-state index in [9.17, 15) is 0 Å². The van der Waals surface area contributed by atoms with Gasteiger partial charge in [-0.05, 0) is 52.7 Å².